The molecule has 2 atom stereocenters. The molecular formula is C17H20ClN3O4. The van der Waals surface area contributed by atoms with Gasteiger partial charge >= 0.3 is 6.09 Å². The third kappa shape index (κ3) is 4.04. The Balaban J connectivity index is 1.47. The van der Waals surface area contributed by atoms with Crippen molar-refractivity contribution < 1.29 is 19.5 Å². The number of benzene rings is 1. The maximum absolute atomic E-state index is 12.1. The minimum atomic E-state index is -0.883. The molecule has 2 aliphatic heterocycles. The highest BCUT2D eigenvalue weighted by molar-refractivity contribution is 6.30. The van der Waals surface area contributed by atoms with Crippen LogP contribution in [0.25, 0.3) is 0 Å². The number of piperidine rings is 1. The zero-order valence-electron chi connectivity index (χ0n) is 13.6. The number of carboxylic acid groups (broad SMARTS) is 1. The third-order valence-corrected chi connectivity index (χ3v) is 5.05. The molecular weight excluding hydrogens is 346 g/mol. The number of hydrogen-bond acceptors (Lipinski definition) is 3. The van der Waals surface area contributed by atoms with Crippen molar-refractivity contribution >= 4 is 29.5 Å². The molecule has 3 rings (SSSR count). The van der Waals surface area contributed by atoms with E-state index in [-0.39, 0.29) is 36.5 Å². The molecule has 2 heterocycles. The maximum Gasteiger partial charge on any atom is 0.407 e. The van der Waals surface area contributed by atoms with E-state index in [0.29, 0.717) is 23.4 Å². The van der Waals surface area contributed by atoms with Gasteiger partial charge in [-0.15, -0.1) is 0 Å². The molecule has 0 spiro atoms. The van der Waals surface area contributed by atoms with E-state index in [1.165, 1.54) is 11.0 Å². The van der Waals surface area contributed by atoms with Crippen LogP contribution < -0.4 is 10.6 Å². The molecule has 2 aliphatic rings. The maximum atomic E-state index is 12.1. The lowest BCUT2D eigenvalue weighted by Gasteiger charge is -2.37. The number of carbonyl (C=O) groups is 3. The Morgan fingerprint density at radius 2 is 1.88 bits per heavy atom. The van der Waals surface area contributed by atoms with E-state index in [1.807, 2.05) is 0 Å². The molecule has 3 N–H and O–H groups in total. The van der Waals surface area contributed by atoms with Gasteiger partial charge in [-0.3, -0.25) is 9.59 Å². The molecule has 1 aromatic rings. The van der Waals surface area contributed by atoms with Gasteiger partial charge in [-0.2, -0.15) is 0 Å². The summed E-state index contributed by atoms with van der Waals surface area (Å²) in [6, 6.07) is 6.40. The average molecular weight is 366 g/mol. The van der Waals surface area contributed by atoms with Gasteiger partial charge in [-0.25, -0.2) is 4.79 Å². The Morgan fingerprint density at radius 3 is 2.48 bits per heavy atom. The van der Waals surface area contributed by atoms with E-state index in [2.05, 4.69) is 10.6 Å². The molecule has 0 aromatic heterocycles. The van der Waals surface area contributed by atoms with Crippen LogP contribution in [0.4, 0.5) is 4.79 Å². The number of nitrogens with one attached hydrogen (secondary N) is 2. The number of carbonyl (C=O) groups excluding carboxylic acids is 2. The van der Waals surface area contributed by atoms with E-state index >= 15 is 0 Å². The summed E-state index contributed by atoms with van der Waals surface area (Å²) < 4.78 is 0. The van der Waals surface area contributed by atoms with Crippen molar-refractivity contribution in [2.24, 2.45) is 0 Å². The minimum absolute atomic E-state index is 0.0254. The number of halogens is 1. The predicted octanol–water partition coefficient (Wildman–Crippen LogP) is 1.86. The third-order valence-electron chi connectivity index (χ3n) is 4.82. The molecule has 1 aromatic carbocycles. The first-order valence-electron chi connectivity index (χ1n) is 8.28. The SMILES string of the molecule is O=C(CNC(=O)c1cccc(Cl)c1)NC1CC2CCC(C1)N2C(=O)O. The van der Waals surface area contributed by atoms with Crippen LogP contribution in [-0.4, -0.2) is 52.6 Å². The number of nitrogens with zero attached hydrogens (tertiary/aromatic N) is 1. The van der Waals surface area contributed by atoms with Gasteiger partial charge in [0.05, 0.1) is 6.54 Å². The number of fused-ring (bicyclic) bond motifs is 2. The van der Waals surface area contributed by atoms with Gasteiger partial charge in [0.15, 0.2) is 0 Å². The lowest BCUT2D eigenvalue weighted by atomic mass is 9.98. The largest absolute Gasteiger partial charge is 0.465 e. The van der Waals surface area contributed by atoms with E-state index in [1.54, 1.807) is 18.2 Å². The fraction of sp³-hybridized carbons (Fsp3) is 0.471. The summed E-state index contributed by atoms with van der Waals surface area (Å²) in [6.45, 7) is -0.125. The van der Waals surface area contributed by atoms with Gasteiger partial charge in [0.1, 0.15) is 0 Å². The lowest BCUT2D eigenvalue weighted by Crippen LogP contribution is -2.53. The standard InChI is InChI=1S/C17H20ClN3O4/c18-11-3-1-2-10(6-11)16(23)19-9-15(22)20-12-7-13-4-5-14(8-12)21(13)17(24)25/h1-3,6,12-14H,4-5,7-9H2,(H,19,23)(H,20,22)(H,24,25). The predicted molar refractivity (Wildman–Crippen MR) is 91.6 cm³/mol. The first-order valence-corrected chi connectivity index (χ1v) is 8.66. The van der Waals surface area contributed by atoms with Crippen LogP contribution in [0.2, 0.25) is 5.02 Å². The highest BCUT2D eigenvalue weighted by Crippen LogP contribution is 2.35. The summed E-state index contributed by atoms with van der Waals surface area (Å²) in [6.07, 6.45) is 2.04. The second-order valence-corrected chi connectivity index (χ2v) is 6.94. The van der Waals surface area contributed by atoms with Gasteiger partial charge in [0, 0.05) is 28.7 Å². The first-order chi connectivity index (χ1) is 11.9. The molecule has 3 amide bonds. The van der Waals surface area contributed by atoms with Crippen LogP contribution in [0.15, 0.2) is 24.3 Å². The Hall–Kier alpha value is -2.28. The summed E-state index contributed by atoms with van der Waals surface area (Å²) in [5.74, 6) is -0.637. The number of rotatable bonds is 4. The molecule has 0 radical (unpaired) electrons. The van der Waals surface area contributed by atoms with Gasteiger partial charge in [-0.1, -0.05) is 17.7 Å². The van der Waals surface area contributed by atoms with Crippen molar-refractivity contribution in [3.05, 3.63) is 34.9 Å². The van der Waals surface area contributed by atoms with Crippen molar-refractivity contribution in [2.45, 2.75) is 43.8 Å². The summed E-state index contributed by atoms with van der Waals surface area (Å²) in [5.41, 5.74) is 0.396. The van der Waals surface area contributed by atoms with Crippen LogP contribution in [0.3, 0.4) is 0 Å². The van der Waals surface area contributed by atoms with Crippen molar-refractivity contribution in [3.8, 4) is 0 Å². The zero-order valence-corrected chi connectivity index (χ0v) is 14.3. The Labute approximate surface area is 150 Å². The molecule has 2 saturated heterocycles. The highest BCUT2D eigenvalue weighted by atomic mass is 35.5. The van der Waals surface area contributed by atoms with Crippen molar-refractivity contribution in [1.29, 1.82) is 0 Å². The quantitative estimate of drug-likeness (QED) is 0.758. The second kappa shape index (κ2) is 7.31. The van der Waals surface area contributed by atoms with Crippen molar-refractivity contribution in [3.63, 3.8) is 0 Å². The molecule has 134 valence electrons. The summed E-state index contributed by atoms with van der Waals surface area (Å²) in [4.78, 5) is 36.9. The molecule has 2 fully saturated rings. The zero-order chi connectivity index (χ0) is 18.0. The van der Waals surface area contributed by atoms with Crippen LogP contribution >= 0.6 is 11.6 Å². The van der Waals surface area contributed by atoms with Crippen LogP contribution in [0, 0.1) is 0 Å². The van der Waals surface area contributed by atoms with Gasteiger partial charge in [0.2, 0.25) is 5.91 Å². The van der Waals surface area contributed by atoms with E-state index in [9.17, 15) is 19.5 Å². The number of hydrogen-bond donors (Lipinski definition) is 3. The summed E-state index contributed by atoms with van der Waals surface area (Å²) >= 11 is 5.84. The first kappa shape index (κ1) is 17.5. The van der Waals surface area contributed by atoms with Crippen molar-refractivity contribution in [1.82, 2.24) is 15.5 Å². The molecule has 0 saturated carbocycles. The van der Waals surface area contributed by atoms with Gasteiger partial charge in [-0.05, 0) is 43.9 Å². The monoisotopic (exact) mass is 365 g/mol. The second-order valence-electron chi connectivity index (χ2n) is 6.50. The van der Waals surface area contributed by atoms with Crippen LogP contribution in [0.1, 0.15) is 36.0 Å². The molecule has 7 nitrogen and oxygen atoms in total. The minimum Gasteiger partial charge on any atom is -0.465 e. The fourth-order valence-corrected chi connectivity index (χ4v) is 3.97. The Bertz CT molecular complexity index is 682. The number of amides is 3. The smallest absolute Gasteiger partial charge is 0.407 e. The Morgan fingerprint density at radius 1 is 1.20 bits per heavy atom. The average Bonchev–Trinajstić information content (AvgIpc) is 2.84. The molecule has 8 heteroatoms. The fourth-order valence-electron chi connectivity index (χ4n) is 3.78. The summed E-state index contributed by atoms with van der Waals surface area (Å²) in [5, 5.41) is 15.2. The molecule has 2 unspecified atom stereocenters. The highest BCUT2D eigenvalue weighted by Gasteiger charge is 2.43. The van der Waals surface area contributed by atoms with Gasteiger partial charge in [0.25, 0.3) is 5.91 Å². The lowest BCUT2D eigenvalue weighted by molar-refractivity contribution is -0.121. The van der Waals surface area contributed by atoms with E-state index in [0.717, 1.165) is 12.8 Å². The molecule has 25 heavy (non-hydrogen) atoms. The van der Waals surface area contributed by atoms with E-state index < -0.39 is 6.09 Å². The summed E-state index contributed by atoms with van der Waals surface area (Å²) in [7, 11) is 0. The molecule has 0 aliphatic carbocycles. The van der Waals surface area contributed by atoms with E-state index in [4.69, 9.17) is 11.6 Å². The van der Waals surface area contributed by atoms with Gasteiger partial charge < -0.3 is 20.6 Å². The topological polar surface area (TPSA) is 98.7 Å². The normalized spacial score (nSPS) is 24.7. The van der Waals surface area contributed by atoms with Crippen molar-refractivity contribution in [2.75, 3.05) is 6.54 Å². The Kier molecular flexibility index (Phi) is 5.13. The van der Waals surface area contributed by atoms with Crippen LogP contribution in [0.5, 0.6) is 0 Å². The molecule has 2 bridgehead atoms. The van der Waals surface area contributed by atoms with Crippen LogP contribution in [-0.2, 0) is 4.79 Å².